The van der Waals surface area contributed by atoms with Crippen LogP contribution in [0.15, 0.2) is 0 Å². The fraction of sp³-hybridized carbons (Fsp3) is 0.815. The molecule has 1 heterocycles. The van der Waals surface area contributed by atoms with Crippen LogP contribution in [-0.2, 0) is 23.9 Å². The van der Waals surface area contributed by atoms with Gasteiger partial charge in [0.1, 0.15) is 12.1 Å². The van der Waals surface area contributed by atoms with Gasteiger partial charge in [0.25, 0.3) is 5.91 Å². The number of likely N-dealkylation sites (tertiary alicyclic amines) is 1. The minimum absolute atomic E-state index is 0.0878. The van der Waals surface area contributed by atoms with Gasteiger partial charge in [0.05, 0.1) is 12.6 Å². The Hall–Kier alpha value is -2.65. The van der Waals surface area contributed by atoms with E-state index >= 15 is 0 Å². The van der Waals surface area contributed by atoms with Gasteiger partial charge < -0.3 is 26.0 Å². The number of hydrogen-bond donors (Lipinski definition) is 3. The monoisotopic (exact) mass is 520 g/mol. The van der Waals surface area contributed by atoms with Gasteiger partial charge in [-0.1, -0.05) is 68.2 Å². The maximum absolute atomic E-state index is 13.9. The first-order chi connectivity index (χ1) is 16.8. The highest BCUT2D eigenvalue weighted by Gasteiger charge is 2.70. The molecule has 4 N–H and O–H groups in total. The van der Waals surface area contributed by atoms with Crippen molar-refractivity contribution in [2.75, 3.05) is 13.2 Å². The van der Waals surface area contributed by atoms with Crippen LogP contribution in [0.4, 0.5) is 4.79 Å². The Labute approximate surface area is 219 Å². The predicted molar refractivity (Wildman–Crippen MR) is 137 cm³/mol. The first-order valence-electron chi connectivity index (χ1n) is 13.2. The van der Waals surface area contributed by atoms with Gasteiger partial charge >= 0.3 is 6.09 Å². The van der Waals surface area contributed by atoms with Gasteiger partial charge in [0.2, 0.25) is 17.6 Å². The van der Waals surface area contributed by atoms with Gasteiger partial charge in [-0.05, 0) is 40.4 Å². The van der Waals surface area contributed by atoms with Gasteiger partial charge in [0.15, 0.2) is 0 Å². The molecule has 37 heavy (non-hydrogen) atoms. The van der Waals surface area contributed by atoms with Crippen molar-refractivity contribution < 1.29 is 28.7 Å². The van der Waals surface area contributed by atoms with E-state index in [9.17, 15) is 24.0 Å². The van der Waals surface area contributed by atoms with Crippen LogP contribution in [-0.4, -0.2) is 65.8 Å². The van der Waals surface area contributed by atoms with Crippen molar-refractivity contribution in [3.63, 3.8) is 0 Å². The summed E-state index contributed by atoms with van der Waals surface area (Å²) in [6, 6.07) is -2.74. The Balaban J connectivity index is 1.80. The molecule has 0 aromatic carbocycles. The van der Waals surface area contributed by atoms with E-state index in [0.717, 1.165) is 12.8 Å². The molecule has 3 rings (SSSR count). The second kappa shape index (κ2) is 9.91. The molecule has 0 aromatic rings. The van der Waals surface area contributed by atoms with Crippen LogP contribution in [0.25, 0.3) is 0 Å². The Kier molecular flexibility index (Phi) is 7.74. The summed E-state index contributed by atoms with van der Waals surface area (Å²) < 4.78 is 5.35. The highest BCUT2D eigenvalue weighted by Crippen LogP contribution is 2.65. The summed E-state index contributed by atoms with van der Waals surface area (Å²) in [5, 5.41) is 5.48. The lowest BCUT2D eigenvalue weighted by Gasteiger charge is -2.37. The molecule has 3 aliphatic rings. The summed E-state index contributed by atoms with van der Waals surface area (Å²) in [5.41, 5.74) is 4.21. The second-order valence-corrected chi connectivity index (χ2v) is 13.9. The molecule has 0 bridgehead atoms. The normalized spacial score (nSPS) is 25.9. The summed E-state index contributed by atoms with van der Waals surface area (Å²) in [7, 11) is 0. The molecule has 1 aliphatic heterocycles. The molecular formula is C27H44N4O6. The maximum atomic E-state index is 13.9. The van der Waals surface area contributed by atoms with Gasteiger partial charge in [-0.25, -0.2) is 4.79 Å². The molecule has 0 spiro atoms. The van der Waals surface area contributed by atoms with Gasteiger partial charge in [-0.15, -0.1) is 0 Å². The number of piperidine rings is 1. The number of fused-ring (bicyclic) bond motifs is 1. The fourth-order valence-electron chi connectivity index (χ4n) is 5.42. The third-order valence-corrected chi connectivity index (χ3v) is 7.91. The summed E-state index contributed by atoms with van der Waals surface area (Å²) >= 11 is 0. The van der Waals surface area contributed by atoms with E-state index in [1.807, 2.05) is 41.5 Å². The standard InChI is InChI=1S/C27H44N4O6/c1-25(2,3)13-37-24(36)30-20(26(4,5)6)23(35)31-12-15-17(27(15,7)8)18(31)22(34)29-16(11-14-9-10-14)19(32)21(28)33/h14-18,20H,9-13H2,1-8H3,(H2,28,33)(H,29,34)(H,30,36). The fourth-order valence-corrected chi connectivity index (χ4v) is 5.42. The number of carbonyl (C=O) groups excluding carboxylic acids is 5. The quantitative estimate of drug-likeness (QED) is 0.396. The topological polar surface area (TPSA) is 148 Å². The van der Waals surface area contributed by atoms with Gasteiger partial charge in [-0.2, -0.15) is 0 Å². The van der Waals surface area contributed by atoms with E-state index in [1.54, 1.807) is 0 Å². The van der Waals surface area contributed by atoms with Crippen molar-refractivity contribution in [3.05, 3.63) is 0 Å². The van der Waals surface area contributed by atoms with E-state index < -0.39 is 47.2 Å². The van der Waals surface area contributed by atoms with Crippen LogP contribution >= 0.6 is 0 Å². The van der Waals surface area contributed by atoms with Crippen molar-refractivity contribution in [3.8, 4) is 0 Å². The van der Waals surface area contributed by atoms with Crippen molar-refractivity contribution in [1.82, 2.24) is 15.5 Å². The van der Waals surface area contributed by atoms with Crippen LogP contribution in [0.2, 0.25) is 0 Å². The molecule has 208 valence electrons. The third-order valence-electron chi connectivity index (χ3n) is 7.91. The van der Waals surface area contributed by atoms with E-state index in [1.165, 1.54) is 4.90 Å². The van der Waals surface area contributed by atoms with Crippen LogP contribution in [0.1, 0.15) is 74.7 Å². The predicted octanol–water partition coefficient (Wildman–Crippen LogP) is 2.00. The highest BCUT2D eigenvalue weighted by molar-refractivity contribution is 6.37. The summed E-state index contributed by atoms with van der Waals surface area (Å²) in [6.45, 7) is 16.0. The van der Waals surface area contributed by atoms with E-state index in [2.05, 4.69) is 24.5 Å². The number of primary amides is 1. The average Bonchev–Trinajstić information content (AvgIpc) is 3.60. The molecule has 1 saturated heterocycles. The molecule has 10 heteroatoms. The van der Waals surface area contributed by atoms with Crippen LogP contribution < -0.4 is 16.4 Å². The summed E-state index contributed by atoms with van der Waals surface area (Å²) in [6.07, 6.45) is 1.55. The smallest absolute Gasteiger partial charge is 0.407 e. The van der Waals surface area contributed by atoms with E-state index in [-0.39, 0.29) is 41.1 Å². The first-order valence-corrected chi connectivity index (χ1v) is 13.2. The lowest BCUT2D eigenvalue weighted by Crippen LogP contribution is -2.60. The largest absolute Gasteiger partial charge is 0.449 e. The number of alkyl carbamates (subject to hydrolysis) is 1. The molecule has 3 fully saturated rings. The summed E-state index contributed by atoms with van der Waals surface area (Å²) in [5.74, 6) is -2.43. The second-order valence-electron chi connectivity index (χ2n) is 13.9. The zero-order valence-corrected chi connectivity index (χ0v) is 23.5. The molecule has 2 aliphatic carbocycles. The molecule has 0 radical (unpaired) electrons. The molecule has 0 aromatic heterocycles. The molecule has 4 amide bonds. The SMILES string of the molecule is CC(C)(C)COC(=O)NC(C(=O)N1CC2C(C1C(=O)NC(CC1CC1)C(=O)C(N)=O)C2(C)C)C(C)(C)C. The lowest BCUT2D eigenvalue weighted by atomic mass is 9.85. The zero-order valence-electron chi connectivity index (χ0n) is 23.5. The number of Topliss-reactive ketones (excluding diaryl/α,β-unsaturated/α-hetero) is 1. The molecule has 5 atom stereocenters. The van der Waals surface area contributed by atoms with E-state index in [0.29, 0.717) is 13.0 Å². The van der Waals surface area contributed by atoms with E-state index in [4.69, 9.17) is 10.5 Å². The number of nitrogens with two attached hydrogens (primary N) is 1. The maximum Gasteiger partial charge on any atom is 0.407 e. The Morgan fingerprint density at radius 1 is 1.03 bits per heavy atom. The number of ketones is 1. The number of ether oxygens (including phenoxy) is 1. The van der Waals surface area contributed by atoms with Crippen LogP contribution in [0, 0.1) is 34.0 Å². The number of hydrogen-bond acceptors (Lipinski definition) is 6. The lowest BCUT2D eigenvalue weighted by molar-refractivity contribution is -0.145. The first kappa shape index (κ1) is 28.9. The van der Waals surface area contributed by atoms with Gasteiger partial charge in [0, 0.05) is 6.54 Å². The van der Waals surface area contributed by atoms with Crippen LogP contribution in [0.3, 0.4) is 0 Å². The van der Waals surface area contributed by atoms with Crippen molar-refractivity contribution in [2.24, 2.45) is 39.7 Å². The molecule has 2 saturated carbocycles. The van der Waals surface area contributed by atoms with Crippen molar-refractivity contribution in [1.29, 1.82) is 0 Å². The molecule has 5 unspecified atom stereocenters. The molecule has 10 nitrogen and oxygen atoms in total. The minimum atomic E-state index is -1.08. The third kappa shape index (κ3) is 6.62. The Morgan fingerprint density at radius 3 is 2.11 bits per heavy atom. The van der Waals surface area contributed by atoms with Gasteiger partial charge in [-0.3, -0.25) is 19.2 Å². The highest BCUT2D eigenvalue weighted by atomic mass is 16.5. The number of carbonyl (C=O) groups is 5. The number of rotatable bonds is 9. The van der Waals surface area contributed by atoms with Crippen molar-refractivity contribution >= 4 is 29.6 Å². The average molecular weight is 521 g/mol. The zero-order chi connectivity index (χ0) is 28.1. The Morgan fingerprint density at radius 2 is 1.62 bits per heavy atom. The number of amides is 4. The Bertz CT molecular complexity index is 959. The number of nitrogens with one attached hydrogen (secondary N) is 2. The minimum Gasteiger partial charge on any atom is -0.449 e. The molecular weight excluding hydrogens is 476 g/mol. The summed E-state index contributed by atoms with van der Waals surface area (Å²) in [4.78, 5) is 65.7. The van der Waals surface area contributed by atoms with Crippen LogP contribution in [0.5, 0.6) is 0 Å². The number of nitrogens with zero attached hydrogens (tertiary/aromatic N) is 1. The van der Waals surface area contributed by atoms with Crippen molar-refractivity contribution in [2.45, 2.75) is 92.8 Å².